The van der Waals surface area contributed by atoms with E-state index < -0.39 is 0 Å². The molecule has 2 heteroatoms. The van der Waals surface area contributed by atoms with Crippen LogP contribution >= 0.6 is 0 Å². The van der Waals surface area contributed by atoms with E-state index in [9.17, 15) is 0 Å². The lowest BCUT2D eigenvalue weighted by molar-refractivity contribution is 0.652. The van der Waals surface area contributed by atoms with E-state index in [4.69, 9.17) is 0 Å². The van der Waals surface area contributed by atoms with Gasteiger partial charge in [0.05, 0.1) is 22.1 Å². The minimum absolute atomic E-state index is 0.139. The molecule has 2 heterocycles. The lowest BCUT2D eigenvalue weighted by Crippen LogP contribution is -2.17. The highest BCUT2D eigenvalue weighted by Gasteiger charge is 2.41. The van der Waals surface area contributed by atoms with E-state index in [1.807, 2.05) is 0 Å². The molecule has 2 nitrogen and oxygen atoms in total. The molecule has 13 aromatic rings. The molecule has 0 saturated carbocycles. The summed E-state index contributed by atoms with van der Waals surface area (Å²) in [5.74, 6) is 0. The van der Waals surface area contributed by atoms with Gasteiger partial charge in [-0.05, 0) is 162 Å². The average Bonchev–Trinajstić information content (AvgIpc) is 4.36. The smallest absolute Gasteiger partial charge is 0.0541 e. The molecular formula is C76H56N2. The Morgan fingerprint density at radius 3 is 1.01 bits per heavy atom. The van der Waals surface area contributed by atoms with Crippen LogP contribution in [-0.4, -0.2) is 9.13 Å². The Morgan fingerprint density at radius 2 is 0.590 bits per heavy atom. The fourth-order valence-electron chi connectivity index (χ4n) is 13.2. The molecule has 0 atom stereocenters. The highest BCUT2D eigenvalue weighted by molar-refractivity contribution is 6.11. The first-order valence-electron chi connectivity index (χ1n) is 27.4. The Balaban J connectivity index is 0.658. The maximum Gasteiger partial charge on any atom is 0.0541 e. The van der Waals surface area contributed by atoms with Crippen molar-refractivity contribution in [2.45, 2.75) is 38.5 Å². The fourth-order valence-corrected chi connectivity index (χ4v) is 13.2. The SMILES string of the molecule is CC1(C)c2cc(C=Cc3ccc(-c4ccc5c(c4)c4ccccc4n5-c4ccccc4)cc3)ccc2-c2cc3c(cc21)-c1ccc(C=Cc2ccc(-c4ccc5c(c4)c4ccccc4n5-c4ccccc4)cc2)cc1C3(C)C. The first-order valence-corrected chi connectivity index (χ1v) is 27.4. The van der Waals surface area contributed by atoms with Crippen LogP contribution < -0.4 is 0 Å². The van der Waals surface area contributed by atoms with Gasteiger partial charge in [0.2, 0.25) is 0 Å². The molecule has 370 valence electrons. The third-order valence-electron chi connectivity index (χ3n) is 17.3. The zero-order valence-electron chi connectivity index (χ0n) is 44.3. The molecule has 2 aliphatic carbocycles. The normalized spacial score (nSPS) is 14.0. The molecule has 0 fully saturated rings. The molecule has 0 amide bonds. The van der Waals surface area contributed by atoms with Crippen molar-refractivity contribution in [3.8, 4) is 55.9 Å². The van der Waals surface area contributed by atoms with Crippen molar-refractivity contribution in [3.05, 3.63) is 287 Å². The standard InChI is InChI=1S/C76H56N2/c1-75(2)67-43-51(25-23-49-27-33-53(34-28-49)55-37-41-73-65(45-55)61-19-11-13-21-71(61)77(73)57-15-7-5-8-16-57)31-39-59(67)63-48-70-64(47-69(63)75)60-40-32-52(44-68(60)76(70,3)4)26-24-50-29-35-54(36-30-50)56-38-42-74-66(46-56)62-20-12-14-22-72(62)78(74)58-17-9-6-10-18-58/h5-48H,1-4H3. The van der Waals surface area contributed by atoms with Crippen molar-refractivity contribution in [1.82, 2.24) is 9.13 Å². The van der Waals surface area contributed by atoms with Crippen molar-refractivity contribution in [2.24, 2.45) is 0 Å². The lowest BCUT2D eigenvalue weighted by Gasteiger charge is -2.24. The monoisotopic (exact) mass is 996 g/mol. The topological polar surface area (TPSA) is 9.86 Å². The summed E-state index contributed by atoms with van der Waals surface area (Å²) in [6.07, 6.45) is 9.04. The van der Waals surface area contributed by atoms with Gasteiger partial charge >= 0.3 is 0 Å². The van der Waals surface area contributed by atoms with Crippen LogP contribution in [0.1, 0.15) is 72.2 Å². The third-order valence-corrected chi connectivity index (χ3v) is 17.3. The van der Waals surface area contributed by atoms with Crippen LogP contribution in [0.2, 0.25) is 0 Å². The first kappa shape index (κ1) is 45.9. The van der Waals surface area contributed by atoms with Gasteiger partial charge in [0, 0.05) is 43.7 Å². The van der Waals surface area contributed by atoms with Crippen LogP contribution in [0.15, 0.2) is 243 Å². The van der Waals surface area contributed by atoms with Crippen LogP contribution in [0.3, 0.4) is 0 Å². The number of hydrogen-bond donors (Lipinski definition) is 0. The third kappa shape index (κ3) is 7.24. The van der Waals surface area contributed by atoms with Gasteiger partial charge < -0.3 is 9.13 Å². The molecule has 78 heavy (non-hydrogen) atoms. The molecule has 0 unspecified atom stereocenters. The highest BCUT2D eigenvalue weighted by Crippen LogP contribution is 2.56. The Bertz CT molecular complexity index is 4320. The predicted octanol–water partition coefficient (Wildman–Crippen LogP) is 20.2. The summed E-state index contributed by atoms with van der Waals surface area (Å²) in [7, 11) is 0. The van der Waals surface area contributed by atoms with E-state index in [2.05, 4.69) is 304 Å². The van der Waals surface area contributed by atoms with Gasteiger partial charge in [-0.3, -0.25) is 0 Å². The van der Waals surface area contributed by atoms with Gasteiger partial charge in [-0.1, -0.05) is 222 Å². The molecule has 2 aromatic heterocycles. The Morgan fingerprint density at radius 1 is 0.256 bits per heavy atom. The first-order chi connectivity index (χ1) is 38.2. The van der Waals surface area contributed by atoms with Crippen LogP contribution in [0.4, 0.5) is 0 Å². The second-order valence-corrected chi connectivity index (χ2v) is 22.6. The van der Waals surface area contributed by atoms with Gasteiger partial charge in [0.1, 0.15) is 0 Å². The summed E-state index contributed by atoms with van der Waals surface area (Å²) in [5.41, 5.74) is 27.7. The largest absolute Gasteiger partial charge is 0.309 e. The minimum atomic E-state index is -0.139. The maximum absolute atomic E-state index is 2.52. The number of hydrogen-bond acceptors (Lipinski definition) is 0. The van der Waals surface area contributed by atoms with Crippen LogP contribution in [0, 0.1) is 0 Å². The van der Waals surface area contributed by atoms with E-state index in [1.54, 1.807) is 0 Å². The molecule has 0 aliphatic heterocycles. The molecule has 11 aromatic carbocycles. The molecule has 0 saturated heterocycles. The lowest BCUT2D eigenvalue weighted by atomic mass is 9.79. The quantitative estimate of drug-likeness (QED) is 0.134. The van der Waals surface area contributed by atoms with E-state index in [-0.39, 0.29) is 10.8 Å². The molecule has 0 bridgehead atoms. The predicted molar refractivity (Wildman–Crippen MR) is 332 cm³/mol. The van der Waals surface area contributed by atoms with Crippen molar-refractivity contribution >= 4 is 67.9 Å². The summed E-state index contributed by atoms with van der Waals surface area (Å²) < 4.78 is 4.74. The number of aromatic nitrogens is 2. The van der Waals surface area contributed by atoms with E-state index in [0.717, 1.165) is 0 Å². The van der Waals surface area contributed by atoms with Gasteiger partial charge in [0.15, 0.2) is 0 Å². The van der Waals surface area contributed by atoms with Crippen molar-refractivity contribution in [3.63, 3.8) is 0 Å². The van der Waals surface area contributed by atoms with Gasteiger partial charge in [-0.25, -0.2) is 0 Å². The van der Waals surface area contributed by atoms with Crippen molar-refractivity contribution in [2.75, 3.05) is 0 Å². The maximum atomic E-state index is 2.52. The van der Waals surface area contributed by atoms with Gasteiger partial charge in [0.25, 0.3) is 0 Å². The Kier molecular flexibility index (Phi) is 10.3. The molecule has 2 aliphatic rings. The Labute approximate surface area is 456 Å². The number of rotatable bonds is 8. The average molecular weight is 997 g/mol. The van der Waals surface area contributed by atoms with Gasteiger partial charge in [-0.2, -0.15) is 0 Å². The zero-order chi connectivity index (χ0) is 52.3. The van der Waals surface area contributed by atoms with E-state index in [1.165, 1.54) is 144 Å². The minimum Gasteiger partial charge on any atom is -0.309 e. The molecular weight excluding hydrogens is 941 g/mol. The highest BCUT2D eigenvalue weighted by atomic mass is 15.0. The molecule has 0 spiro atoms. The summed E-state index contributed by atoms with van der Waals surface area (Å²) in [5, 5.41) is 5.07. The Hall–Kier alpha value is -9.50. The van der Waals surface area contributed by atoms with Crippen LogP contribution in [-0.2, 0) is 10.8 Å². The number of nitrogens with zero attached hydrogens (tertiary/aromatic N) is 2. The summed E-state index contributed by atoms with van der Waals surface area (Å²) in [6.45, 7) is 9.61. The van der Waals surface area contributed by atoms with Crippen molar-refractivity contribution < 1.29 is 0 Å². The number of fused-ring (bicyclic) bond motifs is 12. The van der Waals surface area contributed by atoms with Crippen LogP contribution in [0.25, 0.3) is 124 Å². The summed E-state index contributed by atoms with van der Waals surface area (Å²) >= 11 is 0. The molecule has 15 rings (SSSR count). The molecule has 0 N–H and O–H groups in total. The summed E-state index contributed by atoms with van der Waals surface area (Å²) in [4.78, 5) is 0. The number of benzene rings is 11. The van der Waals surface area contributed by atoms with E-state index in [0.29, 0.717) is 0 Å². The zero-order valence-corrected chi connectivity index (χ0v) is 44.3. The number of para-hydroxylation sites is 4. The van der Waals surface area contributed by atoms with Crippen LogP contribution in [0.5, 0.6) is 0 Å². The second-order valence-electron chi connectivity index (χ2n) is 22.6. The second kappa shape index (κ2) is 17.5. The van der Waals surface area contributed by atoms with Gasteiger partial charge in [-0.15, -0.1) is 0 Å². The fraction of sp³-hybridized carbons (Fsp3) is 0.0789. The molecule has 0 radical (unpaired) electrons. The van der Waals surface area contributed by atoms with Crippen molar-refractivity contribution in [1.29, 1.82) is 0 Å². The summed E-state index contributed by atoms with van der Waals surface area (Å²) in [6, 6.07) is 89.7. The van der Waals surface area contributed by atoms with E-state index >= 15 is 0 Å².